The lowest BCUT2D eigenvalue weighted by Gasteiger charge is -2.05. The molecule has 0 rings (SSSR count). The molecule has 0 saturated heterocycles. The molecule has 4 heteroatoms. The second kappa shape index (κ2) is 8.85. The molecule has 0 aromatic heterocycles. The van der Waals surface area contributed by atoms with Crippen LogP contribution in [0.25, 0.3) is 0 Å². The van der Waals surface area contributed by atoms with Crippen LogP contribution in [0.3, 0.4) is 0 Å². The number of nitrogens with zero attached hydrogens (tertiary/aromatic N) is 1. The lowest BCUT2D eigenvalue weighted by Crippen LogP contribution is -2.14. The van der Waals surface area contributed by atoms with E-state index in [1.54, 1.807) is 11.8 Å². The average Bonchev–Trinajstić information content (AvgIpc) is 2.10. The highest BCUT2D eigenvalue weighted by molar-refractivity contribution is 7.99. The van der Waals surface area contributed by atoms with Crippen molar-refractivity contribution in [1.82, 2.24) is 0 Å². The van der Waals surface area contributed by atoms with Gasteiger partial charge in [0.2, 0.25) is 0 Å². The van der Waals surface area contributed by atoms with E-state index < -0.39 is 6.10 Å². The molecule has 0 fully saturated rings. The van der Waals surface area contributed by atoms with Crippen molar-refractivity contribution in [1.29, 1.82) is 5.26 Å². The van der Waals surface area contributed by atoms with Crippen LogP contribution in [0, 0.1) is 11.3 Å². The first-order valence-electron chi connectivity index (χ1n) is 4.05. The van der Waals surface area contributed by atoms with Crippen molar-refractivity contribution < 1.29 is 10.2 Å². The Hall–Kier alpha value is -0.240. The van der Waals surface area contributed by atoms with E-state index in [-0.39, 0.29) is 6.61 Å². The number of rotatable bonds is 7. The molecule has 1 atom stereocenters. The first-order chi connectivity index (χ1) is 5.81. The number of nitriles is 1. The van der Waals surface area contributed by atoms with E-state index in [1.807, 2.05) is 0 Å². The van der Waals surface area contributed by atoms with Gasteiger partial charge in [0.15, 0.2) is 0 Å². The molecule has 0 amide bonds. The van der Waals surface area contributed by atoms with E-state index in [9.17, 15) is 0 Å². The van der Waals surface area contributed by atoms with E-state index in [2.05, 4.69) is 6.07 Å². The van der Waals surface area contributed by atoms with E-state index in [1.165, 1.54) is 0 Å². The van der Waals surface area contributed by atoms with Crippen LogP contribution < -0.4 is 0 Å². The largest absolute Gasteiger partial charge is 0.394 e. The molecule has 0 aliphatic rings. The molecule has 0 saturated carbocycles. The van der Waals surface area contributed by atoms with Crippen molar-refractivity contribution in [3.8, 4) is 6.07 Å². The molecule has 0 heterocycles. The topological polar surface area (TPSA) is 64.2 Å². The third-order valence-electron chi connectivity index (χ3n) is 1.35. The number of unbranched alkanes of at least 4 members (excludes halogenated alkanes) is 2. The number of aliphatic hydroxyl groups excluding tert-OH is 2. The summed E-state index contributed by atoms with van der Waals surface area (Å²) in [5, 5.41) is 25.6. The Morgan fingerprint density at radius 1 is 1.42 bits per heavy atom. The molecule has 0 aliphatic carbocycles. The molecule has 3 nitrogen and oxygen atoms in total. The summed E-state index contributed by atoms with van der Waals surface area (Å²) in [6, 6.07) is 2.08. The molecule has 1 unspecified atom stereocenters. The third-order valence-corrected chi connectivity index (χ3v) is 2.55. The van der Waals surface area contributed by atoms with Crippen LogP contribution in [0.1, 0.15) is 19.3 Å². The smallest absolute Gasteiger partial charge is 0.0861 e. The van der Waals surface area contributed by atoms with Crippen LogP contribution in [0.2, 0.25) is 0 Å². The van der Waals surface area contributed by atoms with Crippen molar-refractivity contribution in [3.05, 3.63) is 0 Å². The summed E-state index contributed by atoms with van der Waals surface area (Å²) >= 11 is 1.62. The molecule has 0 aromatic carbocycles. The standard InChI is InChI=1S/C8H15NO2S/c9-4-2-1-3-5-12-7-8(11)6-10/h8,10-11H,1-3,5-7H2. The van der Waals surface area contributed by atoms with Crippen LogP contribution in [-0.2, 0) is 0 Å². The molecule has 2 N–H and O–H groups in total. The first kappa shape index (κ1) is 11.8. The summed E-state index contributed by atoms with van der Waals surface area (Å²) in [4.78, 5) is 0. The lowest BCUT2D eigenvalue weighted by molar-refractivity contribution is 0.113. The molecule has 0 aliphatic heterocycles. The molecule has 12 heavy (non-hydrogen) atoms. The van der Waals surface area contributed by atoms with Crippen LogP contribution in [0.15, 0.2) is 0 Å². The molecule has 0 bridgehead atoms. The molecule has 0 radical (unpaired) electrons. The van der Waals surface area contributed by atoms with Crippen molar-refractivity contribution in [3.63, 3.8) is 0 Å². The van der Waals surface area contributed by atoms with Gasteiger partial charge in [-0.3, -0.25) is 0 Å². The highest BCUT2D eigenvalue weighted by atomic mass is 32.2. The molecular formula is C8H15NO2S. The fourth-order valence-electron chi connectivity index (χ4n) is 0.680. The first-order valence-corrected chi connectivity index (χ1v) is 5.20. The SMILES string of the molecule is N#CCCCCSCC(O)CO. The number of aliphatic hydroxyl groups is 2. The Morgan fingerprint density at radius 2 is 2.17 bits per heavy atom. The Bertz CT molecular complexity index is 136. The van der Waals surface area contributed by atoms with Gasteiger partial charge < -0.3 is 10.2 Å². The minimum atomic E-state index is -0.592. The monoisotopic (exact) mass is 189 g/mol. The summed E-state index contributed by atoms with van der Waals surface area (Å²) in [6.45, 7) is -0.162. The van der Waals surface area contributed by atoms with Gasteiger partial charge in [0.05, 0.1) is 18.8 Å². The second-order valence-corrected chi connectivity index (χ2v) is 3.68. The van der Waals surface area contributed by atoms with Crippen LogP contribution in [-0.4, -0.2) is 34.4 Å². The second-order valence-electron chi connectivity index (χ2n) is 2.53. The minimum Gasteiger partial charge on any atom is -0.394 e. The number of thioether (sulfide) groups is 1. The quantitative estimate of drug-likeness (QED) is 0.580. The van der Waals surface area contributed by atoms with E-state index in [0.717, 1.165) is 18.6 Å². The summed E-state index contributed by atoms with van der Waals surface area (Å²) < 4.78 is 0. The van der Waals surface area contributed by atoms with Gasteiger partial charge in [-0.1, -0.05) is 0 Å². The third kappa shape index (κ3) is 7.86. The molecule has 0 spiro atoms. The highest BCUT2D eigenvalue weighted by Gasteiger charge is 2.00. The summed E-state index contributed by atoms with van der Waals surface area (Å²) in [5.74, 6) is 1.54. The van der Waals surface area contributed by atoms with Gasteiger partial charge in [-0.05, 0) is 18.6 Å². The van der Waals surface area contributed by atoms with Crippen molar-refractivity contribution in [2.75, 3.05) is 18.1 Å². The molecule has 0 aromatic rings. The van der Waals surface area contributed by atoms with Gasteiger partial charge in [-0.2, -0.15) is 17.0 Å². The maximum absolute atomic E-state index is 8.94. The fourth-order valence-corrected chi connectivity index (χ4v) is 1.63. The van der Waals surface area contributed by atoms with Gasteiger partial charge in [0.1, 0.15) is 0 Å². The predicted octanol–water partition coefficient (Wildman–Crippen LogP) is 0.767. The average molecular weight is 189 g/mol. The Kier molecular flexibility index (Phi) is 8.68. The van der Waals surface area contributed by atoms with Gasteiger partial charge in [-0.15, -0.1) is 0 Å². The zero-order chi connectivity index (χ0) is 9.23. The fraction of sp³-hybridized carbons (Fsp3) is 0.875. The maximum Gasteiger partial charge on any atom is 0.0861 e. The molecular weight excluding hydrogens is 174 g/mol. The highest BCUT2D eigenvalue weighted by Crippen LogP contribution is 2.07. The molecule has 70 valence electrons. The number of hydrogen-bond acceptors (Lipinski definition) is 4. The minimum absolute atomic E-state index is 0.162. The Labute approximate surface area is 77.4 Å². The van der Waals surface area contributed by atoms with Gasteiger partial charge in [-0.25, -0.2) is 0 Å². The summed E-state index contributed by atoms with van der Waals surface area (Å²) in [5.41, 5.74) is 0. The van der Waals surface area contributed by atoms with Gasteiger partial charge >= 0.3 is 0 Å². The Morgan fingerprint density at radius 3 is 2.75 bits per heavy atom. The lowest BCUT2D eigenvalue weighted by atomic mass is 10.3. The number of hydrogen-bond donors (Lipinski definition) is 2. The van der Waals surface area contributed by atoms with Gasteiger partial charge in [0.25, 0.3) is 0 Å². The summed E-state index contributed by atoms with van der Waals surface area (Å²) in [7, 11) is 0. The van der Waals surface area contributed by atoms with E-state index >= 15 is 0 Å². The zero-order valence-electron chi connectivity index (χ0n) is 7.07. The van der Waals surface area contributed by atoms with Gasteiger partial charge in [0, 0.05) is 12.2 Å². The van der Waals surface area contributed by atoms with Crippen LogP contribution >= 0.6 is 11.8 Å². The van der Waals surface area contributed by atoms with Crippen LogP contribution in [0.4, 0.5) is 0 Å². The predicted molar refractivity (Wildman–Crippen MR) is 49.9 cm³/mol. The Balaban J connectivity index is 2.96. The zero-order valence-corrected chi connectivity index (χ0v) is 7.89. The van der Waals surface area contributed by atoms with Crippen molar-refractivity contribution in [2.24, 2.45) is 0 Å². The maximum atomic E-state index is 8.94. The van der Waals surface area contributed by atoms with Crippen LogP contribution in [0.5, 0.6) is 0 Å². The van der Waals surface area contributed by atoms with E-state index in [4.69, 9.17) is 15.5 Å². The van der Waals surface area contributed by atoms with E-state index in [0.29, 0.717) is 12.2 Å². The van der Waals surface area contributed by atoms with Crippen molar-refractivity contribution >= 4 is 11.8 Å². The van der Waals surface area contributed by atoms with Crippen molar-refractivity contribution in [2.45, 2.75) is 25.4 Å². The summed E-state index contributed by atoms with van der Waals surface area (Å²) in [6.07, 6.45) is 1.96. The normalized spacial score (nSPS) is 12.4.